The highest BCUT2D eigenvalue weighted by Crippen LogP contribution is 2.01. The molecule has 0 N–H and O–H groups in total. The summed E-state index contributed by atoms with van der Waals surface area (Å²) in [5.74, 6) is 0.00270. The van der Waals surface area contributed by atoms with Gasteiger partial charge in [0.1, 0.15) is 0 Å². The Balaban J connectivity index is 2.51. The van der Waals surface area contributed by atoms with Crippen molar-refractivity contribution in [3.63, 3.8) is 0 Å². The molecule has 8 heteroatoms. The van der Waals surface area contributed by atoms with Gasteiger partial charge in [0.2, 0.25) is 0 Å². The van der Waals surface area contributed by atoms with E-state index in [1.54, 1.807) is 19.2 Å². The van der Waals surface area contributed by atoms with Crippen LogP contribution in [0, 0.1) is 0 Å². The largest absolute Gasteiger partial charge is 0.628 e. The van der Waals surface area contributed by atoms with Gasteiger partial charge in [0.05, 0.1) is 20.2 Å². The fraction of sp³-hybridized carbons (Fsp3) is 0.308. The topological polar surface area (TPSA) is 82.1 Å². The van der Waals surface area contributed by atoms with Gasteiger partial charge in [0, 0.05) is 6.08 Å². The molecule has 0 atom stereocenters. The third kappa shape index (κ3) is 7.12. The van der Waals surface area contributed by atoms with Crippen LogP contribution in [-0.2, 0) is 28.4 Å². The lowest BCUT2D eigenvalue weighted by Crippen LogP contribution is -2.41. The molecule has 1 aliphatic rings. The number of carbonyl (C=O) groups is 3. The molecule has 1 saturated heterocycles. The number of carbonyl (C=O) groups excluding carboxylic acids is 3. The molecule has 0 aromatic carbocycles. The van der Waals surface area contributed by atoms with E-state index in [2.05, 4.69) is 4.74 Å². The zero-order valence-corrected chi connectivity index (χ0v) is 11.9. The zero-order chi connectivity index (χ0) is 15.7. The van der Waals surface area contributed by atoms with Crippen molar-refractivity contribution in [2.45, 2.75) is 0 Å². The van der Waals surface area contributed by atoms with E-state index in [4.69, 9.17) is 9.31 Å². The molecule has 1 fully saturated rings. The molecule has 0 aromatic heterocycles. The van der Waals surface area contributed by atoms with Gasteiger partial charge in [-0.3, -0.25) is 14.5 Å². The maximum absolute atomic E-state index is 11.4. The minimum atomic E-state index is -1.05. The summed E-state index contributed by atoms with van der Waals surface area (Å²) in [5, 5.41) is 0. The number of allylic oxidation sites excluding steroid dienone is 4. The Morgan fingerprint density at radius 2 is 1.71 bits per heavy atom. The minimum absolute atomic E-state index is 0.0249. The molecular formula is C13H16BNO6. The second-order valence-corrected chi connectivity index (χ2v) is 4.17. The highest BCUT2D eigenvalue weighted by atomic mass is 16.6. The van der Waals surface area contributed by atoms with Gasteiger partial charge in [0.25, 0.3) is 0 Å². The van der Waals surface area contributed by atoms with E-state index in [9.17, 15) is 14.4 Å². The molecule has 0 amide bonds. The standard InChI is InChI=1S/C13H16BNO6/c1-15-9-12(17)20-14(21-13(18)10-15)8-6-4-3-5-7-11(16)19-2/h3-8H,9-10H2,1-2H3/b4-3+,7-5+,8-6+. The first kappa shape index (κ1) is 16.7. The lowest BCUT2D eigenvalue weighted by molar-refractivity contribution is -0.145. The Labute approximate surface area is 123 Å². The molecule has 0 bridgehead atoms. The van der Waals surface area contributed by atoms with Crippen LogP contribution in [0.15, 0.2) is 36.4 Å². The zero-order valence-electron chi connectivity index (χ0n) is 11.9. The van der Waals surface area contributed by atoms with Crippen LogP contribution in [0.25, 0.3) is 0 Å². The number of hydrogen-bond donors (Lipinski definition) is 0. The lowest BCUT2D eigenvalue weighted by Gasteiger charge is -2.20. The number of nitrogens with zero attached hydrogens (tertiary/aromatic N) is 1. The van der Waals surface area contributed by atoms with Crippen LogP contribution in [0.3, 0.4) is 0 Å². The molecule has 0 unspecified atom stereocenters. The number of methoxy groups -OCH3 is 1. The summed E-state index contributed by atoms with van der Waals surface area (Å²) in [6, 6.07) is 0. The maximum Gasteiger partial charge on any atom is 0.628 e. The van der Waals surface area contributed by atoms with E-state index < -0.39 is 25.0 Å². The molecule has 0 radical (unpaired) electrons. The van der Waals surface area contributed by atoms with E-state index in [0.29, 0.717) is 0 Å². The van der Waals surface area contributed by atoms with Gasteiger partial charge in [0.15, 0.2) is 0 Å². The van der Waals surface area contributed by atoms with Crippen LogP contribution >= 0.6 is 0 Å². The van der Waals surface area contributed by atoms with E-state index in [1.165, 1.54) is 36.2 Å². The average Bonchev–Trinajstić information content (AvgIpc) is 2.39. The molecule has 0 aliphatic carbocycles. The Kier molecular flexibility index (Phi) is 6.96. The maximum atomic E-state index is 11.4. The normalized spacial score (nSPS) is 17.9. The average molecular weight is 293 g/mol. The van der Waals surface area contributed by atoms with Crippen molar-refractivity contribution in [1.29, 1.82) is 0 Å². The van der Waals surface area contributed by atoms with Gasteiger partial charge in [-0.15, -0.1) is 0 Å². The van der Waals surface area contributed by atoms with Crippen molar-refractivity contribution in [3.8, 4) is 0 Å². The van der Waals surface area contributed by atoms with E-state index in [1.807, 2.05) is 0 Å². The summed E-state index contributed by atoms with van der Waals surface area (Å²) < 4.78 is 14.3. The van der Waals surface area contributed by atoms with Gasteiger partial charge < -0.3 is 14.0 Å². The fourth-order valence-electron chi connectivity index (χ4n) is 1.42. The van der Waals surface area contributed by atoms with Gasteiger partial charge in [-0.25, -0.2) is 4.79 Å². The Hall–Kier alpha value is -2.35. The predicted octanol–water partition coefficient (Wildman–Crippen LogP) is -0.113. The molecule has 0 aromatic rings. The summed E-state index contributed by atoms with van der Waals surface area (Å²) in [7, 11) is 1.85. The Morgan fingerprint density at radius 3 is 2.29 bits per heavy atom. The smallest absolute Gasteiger partial charge is 0.495 e. The van der Waals surface area contributed by atoms with Crippen LogP contribution in [-0.4, -0.2) is 57.2 Å². The monoisotopic (exact) mass is 293 g/mol. The highest BCUT2D eigenvalue weighted by Gasteiger charge is 2.28. The van der Waals surface area contributed by atoms with Crippen molar-refractivity contribution in [2.24, 2.45) is 0 Å². The number of ether oxygens (including phenoxy) is 1. The van der Waals surface area contributed by atoms with Crippen molar-refractivity contribution in [1.82, 2.24) is 4.90 Å². The molecule has 0 saturated carbocycles. The van der Waals surface area contributed by atoms with E-state index in [0.717, 1.165) is 0 Å². The van der Waals surface area contributed by atoms with Crippen molar-refractivity contribution < 1.29 is 28.4 Å². The third-order valence-electron chi connectivity index (χ3n) is 2.33. The SMILES string of the molecule is COC(=O)/C=C/C=C/C=C/B1OC(=O)CN(C)CC(=O)O1. The highest BCUT2D eigenvalue weighted by molar-refractivity contribution is 6.54. The third-order valence-corrected chi connectivity index (χ3v) is 2.33. The number of rotatable bonds is 4. The second kappa shape index (κ2) is 8.75. The first-order valence-corrected chi connectivity index (χ1v) is 6.18. The van der Waals surface area contributed by atoms with Gasteiger partial charge in [-0.05, 0) is 13.0 Å². The molecule has 0 spiro atoms. The molecule has 112 valence electrons. The Morgan fingerprint density at radius 1 is 1.14 bits per heavy atom. The van der Waals surface area contributed by atoms with Gasteiger partial charge in [-0.1, -0.05) is 24.3 Å². The minimum Gasteiger partial charge on any atom is -0.495 e. The van der Waals surface area contributed by atoms with Crippen LogP contribution < -0.4 is 0 Å². The summed E-state index contributed by atoms with van der Waals surface area (Å²) in [4.78, 5) is 35.2. The van der Waals surface area contributed by atoms with E-state index in [-0.39, 0.29) is 13.1 Å². The first-order chi connectivity index (χ1) is 10.0. The van der Waals surface area contributed by atoms with E-state index >= 15 is 0 Å². The quantitative estimate of drug-likeness (QED) is 0.309. The van der Waals surface area contributed by atoms with Crippen molar-refractivity contribution in [3.05, 3.63) is 36.4 Å². The summed E-state index contributed by atoms with van der Waals surface area (Å²) in [6.45, 7) is 0.0499. The molecule has 1 aliphatic heterocycles. The fourth-order valence-corrected chi connectivity index (χ4v) is 1.42. The number of hydrogen-bond acceptors (Lipinski definition) is 7. The summed E-state index contributed by atoms with van der Waals surface area (Å²) in [5.41, 5.74) is 0. The van der Waals surface area contributed by atoms with Crippen LogP contribution in [0.1, 0.15) is 0 Å². The molecule has 1 rings (SSSR count). The molecular weight excluding hydrogens is 277 g/mol. The van der Waals surface area contributed by atoms with Gasteiger partial charge in [-0.2, -0.15) is 0 Å². The second-order valence-electron chi connectivity index (χ2n) is 4.17. The van der Waals surface area contributed by atoms with Crippen molar-refractivity contribution >= 4 is 25.0 Å². The van der Waals surface area contributed by atoms with Gasteiger partial charge >= 0.3 is 25.0 Å². The summed E-state index contributed by atoms with van der Waals surface area (Å²) >= 11 is 0. The molecule has 7 nitrogen and oxygen atoms in total. The lowest BCUT2D eigenvalue weighted by atomic mass is 9.89. The molecule has 1 heterocycles. The Bertz CT molecular complexity index is 465. The number of likely N-dealkylation sites (N-methyl/N-ethyl adjacent to an activating group) is 1. The molecule has 21 heavy (non-hydrogen) atoms. The first-order valence-electron chi connectivity index (χ1n) is 6.18. The van der Waals surface area contributed by atoms with Crippen LogP contribution in [0.5, 0.6) is 0 Å². The van der Waals surface area contributed by atoms with Crippen LogP contribution in [0.2, 0.25) is 0 Å². The summed E-state index contributed by atoms with van der Waals surface area (Å²) in [6.07, 6.45) is 7.44. The van der Waals surface area contributed by atoms with Crippen molar-refractivity contribution in [2.75, 3.05) is 27.2 Å². The predicted molar refractivity (Wildman–Crippen MR) is 74.9 cm³/mol. The number of esters is 1. The van der Waals surface area contributed by atoms with Crippen LogP contribution in [0.4, 0.5) is 0 Å².